The minimum atomic E-state index is -4.08. The molecule has 0 atom stereocenters. The van der Waals surface area contributed by atoms with E-state index in [1.54, 1.807) is 4.90 Å². The quantitative estimate of drug-likeness (QED) is 0.716. The molecule has 0 aromatic carbocycles. The topological polar surface area (TPSA) is 29.5 Å². The lowest BCUT2D eigenvalue weighted by atomic mass is 9.72. The molecule has 6 heteroatoms. The highest BCUT2D eigenvalue weighted by atomic mass is 19.4. The van der Waals surface area contributed by atoms with Gasteiger partial charge in [0.15, 0.2) is 0 Å². The Labute approximate surface area is 131 Å². The van der Waals surface area contributed by atoms with Gasteiger partial charge >= 0.3 is 12.3 Å². The zero-order valence-corrected chi connectivity index (χ0v) is 14.1. The minimum Gasteiger partial charge on any atom is -0.444 e. The number of piperidine rings is 1. The molecule has 1 saturated heterocycles. The summed E-state index contributed by atoms with van der Waals surface area (Å²) in [6.07, 6.45) is -2.02. The zero-order valence-electron chi connectivity index (χ0n) is 14.1. The molecule has 0 N–H and O–H groups in total. The third-order valence-electron chi connectivity index (χ3n) is 4.39. The Hall–Kier alpha value is -0.940. The van der Waals surface area contributed by atoms with Gasteiger partial charge in [-0.05, 0) is 51.9 Å². The predicted molar refractivity (Wildman–Crippen MR) is 79.7 cm³/mol. The number of likely N-dealkylation sites (tertiary alicyclic amines) is 1. The van der Waals surface area contributed by atoms with Crippen LogP contribution in [0.4, 0.5) is 18.0 Å². The third kappa shape index (κ3) is 6.44. The van der Waals surface area contributed by atoms with E-state index in [0.717, 1.165) is 19.3 Å². The summed E-state index contributed by atoms with van der Waals surface area (Å²) in [5.74, 6) is 0. The third-order valence-corrected chi connectivity index (χ3v) is 4.39. The molecule has 0 spiro atoms. The number of nitrogens with zero attached hydrogens (tertiary/aromatic N) is 1. The minimum absolute atomic E-state index is 0.0657. The Morgan fingerprint density at radius 3 is 2.14 bits per heavy atom. The Balaban J connectivity index is 2.48. The number of hydrogen-bond donors (Lipinski definition) is 0. The summed E-state index contributed by atoms with van der Waals surface area (Å²) >= 11 is 0. The van der Waals surface area contributed by atoms with Crippen LogP contribution < -0.4 is 0 Å². The number of carbonyl (C=O) groups is 1. The van der Waals surface area contributed by atoms with E-state index in [1.165, 1.54) is 0 Å². The molecular weight excluding hydrogens is 295 g/mol. The average Bonchev–Trinajstić information content (AvgIpc) is 2.36. The van der Waals surface area contributed by atoms with E-state index in [1.807, 2.05) is 27.7 Å². The van der Waals surface area contributed by atoms with Crippen LogP contribution in [-0.2, 0) is 4.74 Å². The smallest absolute Gasteiger partial charge is 0.410 e. The van der Waals surface area contributed by atoms with Crippen LogP contribution >= 0.6 is 0 Å². The first kappa shape index (κ1) is 19.1. The Kier molecular flexibility index (Phi) is 6.16. The lowest BCUT2D eigenvalue weighted by Gasteiger charge is -2.41. The SMILES string of the molecule is CCC1(CCCC(F)(F)F)CCN(C(=O)OC(C)(C)C)CC1. The molecule has 1 heterocycles. The number of carbonyl (C=O) groups excluding carboxylic acids is 1. The number of halogens is 3. The molecular formula is C16H28F3NO2. The highest BCUT2D eigenvalue weighted by Gasteiger charge is 2.36. The van der Waals surface area contributed by atoms with E-state index in [2.05, 4.69) is 0 Å². The van der Waals surface area contributed by atoms with Gasteiger partial charge in [-0.3, -0.25) is 0 Å². The Morgan fingerprint density at radius 2 is 1.73 bits per heavy atom. The maximum absolute atomic E-state index is 12.3. The maximum Gasteiger partial charge on any atom is 0.410 e. The molecule has 3 nitrogen and oxygen atoms in total. The van der Waals surface area contributed by atoms with Crippen molar-refractivity contribution in [3.05, 3.63) is 0 Å². The van der Waals surface area contributed by atoms with E-state index < -0.39 is 18.2 Å². The van der Waals surface area contributed by atoms with Crippen molar-refractivity contribution >= 4 is 6.09 Å². The van der Waals surface area contributed by atoms with E-state index >= 15 is 0 Å². The van der Waals surface area contributed by atoms with Crippen molar-refractivity contribution in [3.63, 3.8) is 0 Å². The lowest BCUT2D eigenvalue weighted by Crippen LogP contribution is -2.45. The fraction of sp³-hybridized carbons (Fsp3) is 0.938. The van der Waals surface area contributed by atoms with Crippen LogP contribution in [0.3, 0.4) is 0 Å². The van der Waals surface area contributed by atoms with E-state index in [9.17, 15) is 18.0 Å². The molecule has 1 rings (SSSR count). The van der Waals surface area contributed by atoms with Crippen LogP contribution in [0.1, 0.15) is 66.2 Å². The van der Waals surface area contributed by atoms with Gasteiger partial charge in [-0.1, -0.05) is 13.3 Å². The molecule has 130 valence electrons. The number of rotatable bonds is 4. The molecule has 1 aliphatic rings. The van der Waals surface area contributed by atoms with Crippen molar-refractivity contribution in [3.8, 4) is 0 Å². The monoisotopic (exact) mass is 323 g/mol. The van der Waals surface area contributed by atoms with Gasteiger partial charge in [0.25, 0.3) is 0 Å². The van der Waals surface area contributed by atoms with E-state index in [0.29, 0.717) is 19.5 Å². The lowest BCUT2D eigenvalue weighted by molar-refractivity contribution is -0.137. The summed E-state index contributed by atoms with van der Waals surface area (Å²) in [4.78, 5) is 13.7. The first-order valence-electron chi connectivity index (χ1n) is 8.01. The summed E-state index contributed by atoms with van der Waals surface area (Å²) in [5.41, 5.74) is -0.590. The van der Waals surface area contributed by atoms with Crippen molar-refractivity contribution in [2.75, 3.05) is 13.1 Å². The molecule has 22 heavy (non-hydrogen) atoms. The van der Waals surface area contributed by atoms with Crippen LogP contribution in [0, 0.1) is 5.41 Å². The number of amides is 1. The normalized spacial score (nSPS) is 19.1. The van der Waals surface area contributed by atoms with Gasteiger partial charge in [-0.25, -0.2) is 4.79 Å². The van der Waals surface area contributed by atoms with Crippen LogP contribution in [-0.4, -0.2) is 35.9 Å². The number of ether oxygens (including phenoxy) is 1. The molecule has 1 amide bonds. The standard InChI is InChI=1S/C16H28F3NO2/c1-5-15(7-6-8-16(17,18)19)9-11-20(12-10-15)13(21)22-14(2,3)4/h5-12H2,1-4H3. The number of alkyl halides is 3. The van der Waals surface area contributed by atoms with Crippen molar-refractivity contribution in [2.45, 2.75) is 78.0 Å². The van der Waals surface area contributed by atoms with Crippen molar-refractivity contribution in [1.29, 1.82) is 0 Å². The van der Waals surface area contributed by atoms with E-state index in [4.69, 9.17) is 4.74 Å². The summed E-state index contributed by atoms with van der Waals surface area (Å²) in [6, 6.07) is 0. The summed E-state index contributed by atoms with van der Waals surface area (Å²) in [5, 5.41) is 0. The van der Waals surface area contributed by atoms with Gasteiger partial charge in [-0.15, -0.1) is 0 Å². The van der Waals surface area contributed by atoms with Gasteiger partial charge in [0.1, 0.15) is 5.60 Å². The molecule has 1 fully saturated rings. The van der Waals surface area contributed by atoms with Gasteiger partial charge in [0.05, 0.1) is 0 Å². The van der Waals surface area contributed by atoms with E-state index in [-0.39, 0.29) is 17.9 Å². The van der Waals surface area contributed by atoms with Crippen molar-refractivity contribution in [2.24, 2.45) is 5.41 Å². The van der Waals surface area contributed by atoms with Crippen molar-refractivity contribution in [1.82, 2.24) is 4.90 Å². The summed E-state index contributed by atoms with van der Waals surface area (Å²) in [6.45, 7) is 8.62. The molecule has 1 aliphatic heterocycles. The first-order valence-corrected chi connectivity index (χ1v) is 8.01. The van der Waals surface area contributed by atoms with Crippen LogP contribution in [0.15, 0.2) is 0 Å². The molecule has 0 saturated carbocycles. The fourth-order valence-corrected chi connectivity index (χ4v) is 2.93. The molecule has 0 aromatic heterocycles. The second-order valence-electron chi connectivity index (χ2n) is 7.29. The second kappa shape index (κ2) is 7.09. The van der Waals surface area contributed by atoms with Gasteiger partial charge in [0, 0.05) is 19.5 Å². The van der Waals surface area contributed by atoms with Gasteiger partial charge in [-0.2, -0.15) is 13.2 Å². The molecule has 0 radical (unpaired) electrons. The molecule has 0 bridgehead atoms. The van der Waals surface area contributed by atoms with Crippen LogP contribution in [0.5, 0.6) is 0 Å². The second-order valence-corrected chi connectivity index (χ2v) is 7.29. The molecule has 0 aromatic rings. The largest absolute Gasteiger partial charge is 0.444 e. The number of hydrogen-bond acceptors (Lipinski definition) is 2. The average molecular weight is 323 g/mol. The summed E-state index contributed by atoms with van der Waals surface area (Å²) < 4.78 is 42.2. The molecule has 0 aliphatic carbocycles. The fourth-order valence-electron chi connectivity index (χ4n) is 2.93. The highest BCUT2D eigenvalue weighted by Crippen LogP contribution is 2.41. The first-order chi connectivity index (χ1) is 9.96. The van der Waals surface area contributed by atoms with Gasteiger partial charge in [0.2, 0.25) is 0 Å². The highest BCUT2D eigenvalue weighted by molar-refractivity contribution is 5.68. The molecule has 0 unspecified atom stereocenters. The van der Waals surface area contributed by atoms with Crippen LogP contribution in [0.2, 0.25) is 0 Å². The maximum atomic E-state index is 12.3. The Bertz CT molecular complexity index is 367. The Morgan fingerprint density at radius 1 is 1.18 bits per heavy atom. The van der Waals surface area contributed by atoms with Crippen molar-refractivity contribution < 1.29 is 22.7 Å². The predicted octanol–water partition coefficient (Wildman–Crippen LogP) is 5.15. The van der Waals surface area contributed by atoms with Gasteiger partial charge < -0.3 is 9.64 Å². The summed E-state index contributed by atoms with van der Waals surface area (Å²) in [7, 11) is 0. The zero-order chi connectivity index (χ0) is 17.0. The van der Waals surface area contributed by atoms with Crippen LogP contribution in [0.25, 0.3) is 0 Å².